The van der Waals surface area contributed by atoms with Crippen molar-refractivity contribution in [2.45, 2.75) is 57.4 Å². The van der Waals surface area contributed by atoms with Gasteiger partial charge in [0.25, 0.3) is 0 Å². The molecule has 200 valence electrons. The highest BCUT2D eigenvalue weighted by molar-refractivity contribution is 7.16. The number of benzene rings is 2. The van der Waals surface area contributed by atoms with Crippen molar-refractivity contribution in [2.24, 2.45) is 0 Å². The van der Waals surface area contributed by atoms with E-state index in [4.69, 9.17) is 16.3 Å². The number of hydrogen-bond acceptors (Lipinski definition) is 6. The van der Waals surface area contributed by atoms with E-state index in [0.717, 1.165) is 84.7 Å². The largest absolute Gasteiger partial charge is 0.506 e. The smallest absolute Gasteiger partial charge is 0.305 e. The van der Waals surface area contributed by atoms with Crippen molar-refractivity contribution >= 4 is 39.1 Å². The highest BCUT2D eigenvalue weighted by atomic mass is 35.5. The average Bonchev–Trinajstić information content (AvgIpc) is 3.30. The van der Waals surface area contributed by atoms with Crippen LogP contribution in [0.25, 0.3) is 10.2 Å². The second-order valence-electron chi connectivity index (χ2n) is 9.58. The van der Waals surface area contributed by atoms with Crippen LogP contribution >= 0.6 is 22.9 Å². The molecule has 1 fully saturated rings. The van der Waals surface area contributed by atoms with E-state index in [1.165, 1.54) is 5.56 Å². The van der Waals surface area contributed by atoms with Gasteiger partial charge in [-0.1, -0.05) is 47.6 Å². The maximum atomic E-state index is 13.2. The molecule has 1 aliphatic rings. The summed E-state index contributed by atoms with van der Waals surface area (Å²) in [5.74, 6) is 0.321. The SMILES string of the molecule is O=C(CCNCCc1cccc(Cl)c1)N(CCCCCc1ccc(O)c2[nH]c(=O)sc12)C1CCOCC1. The minimum Gasteiger partial charge on any atom is -0.506 e. The lowest BCUT2D eigenvalue weighted by atomic mass is 10.0. The predicted octanol–water partition coefficient (Wildman–Crippen LogP) is 4.89. The number of unbranched alkanes of at least 4 members (excludes halogenated alkanes) is 2. The van der Waals surface area contributed by atoms with Crippen LogP contribution in [0.4, 0.5) is 0 Å². The van der Waals surface area contributed by atoms with Crippen LogP contribution in [0.1, 0.15) is 49.7 Å². The number of aryl methyl sites for hydroxylation is 1. The molecule has 1 aromatic heterocycles. The first-order chi connectivity index (χ1) is 18.0. The number of aromatic nitrogens is 1. The highest BCUT2D eigenvalue weighted by Gasteiger charge is 2.25. The molecule has 2 aromatic carbocycles. The summed E-state index contributed by atoms with van der Waals surface area (Å²) in [6, 6.07) is 11.7. The molecule has 2 heterocycles. The molecule has 37 heavy (non-hydrogen) atoms. The summed E-state index contributed by atoms with van der Waals surface area (Å²) >= 11 is 7.20. The molecule has 0 aliphatic carbocycles. The number of hydrogen-bond donors (Lipinski definition) is 3. The van der Waals surface area contributed by atoms with Crippen molar-refractivity contribution in [3.8, 4) is 5.75 Å². The van der Waals surface area contributed by atoms with Gasteiger partial charge >= 0.3 is 4.87 Å². The van der Waals surface area contributed by atoms with Gasteiger partial charge in [0.05, 0.1) is 4.70 Å². The van der Waals surface area contributed by atoms with Gasteiger partial charge in [0, 0.05) is 43.8 Å². The number of thiazole rings is 1. The molecular formula is C28H36ClN3O4S. The van der Waals surface area contributed by atoms with Gasteiger partial charge in [-0.05, 0) is 74.4 Å². The van der Waals surface area contributed by atoms with Gasteiger partial charge in [-0.3, -0.25) is 9.59 Å². The molecular weight excluding hydrogens is 510 g/mol. The number of phenolic OH excluding ortho intramolecular Hbond substituents is 1. The summed E-state index contributed by atoms with van der Waals surface area (Å²) in [5.41, 5.74) is 2.80. The normalized spacial score (nSPS) is 14.3. The number of carbonyl (C=O) groups is 1. The molecule has 1 aliphatic heterocycles. The lowest BCUT2D eigenvalue weighted by Gasteiger charge is -2.34. The zero-order chi connectivity index (χ0) is 26.0. The number of carbonyl (C=O) groups excluding carboxylic acids is 1. The first-order valence-electron chi connectivity index (χ1n) is 13.2. The zero-order valence-corrected chi connectivity index (χ0v) is 22.7. The van der Waals surface area contributed by atoms with Crippen LogP contribution in [0.2, 0.25) is 5.02 Å². The first kappa shape index (κ1) is 27.6. The number of halogens is 1. The molecule has 9 heteroatoms. The van der Waals surface area contributed by atoms with Gasteiger partial charge in [-0.2, -0.15) is 0 Å². The number of ether oxygens (including phenoxy) is 1. The Morgan fingerprint density at radius 1 is 1.14 bits per heavy atom. The topological polar surface area (TPSA) is 94.7 Å². The monoisotopic (exact) mass is 545 g/mol. The predicted molar refractivity (Wildman–Crippen MR) is 150 cm³/mol. The second kappa shape index (κ2) is 14.0. The molecule has 0 atom stereocenters. The Hall–Kier alpha value is -2.39. The molecule has 0 radical (unpaired) electrons. The molecule has 3 aromatic rings. The second-order valence-corrected chi connectivity index (χ2v) is 11.0. The summed E-state index contributed by atoms with van der Waals surface area (Å²) in [7, 11) is 0. The van der Waals surface area contributed by atoms with Gasteiger partial charge in [-0.25, -0.2) is 0 Å². The highest BCUT2D eigenvalue weighted by Crippen LogP contribution is 2.29. The van der Waals surface area contributed by atoms with E-state index in [0.29, 0.717) is 31.7 Å². The average molecular weight is 546 g/mol. The summed E-state index contributed by atoms with van der Waals surface area (Å²) in [6.45, 7) is 3.65. The summed E-state index contributed by atoms with van der Waals surface area (Å²) in [4.78, 5) is 29.5. The molecule has 4 rings (SSSR count). The summed E-state index contributed by atoms with van der Waals surface area (Å²) < 4.78 is 6.37. The van der Waals surface area contributed by atoms with Crippen LogP contribution in [-0.4, -0.2) is 59.8 Å². The maximum absolute atomic E-state index is 13.2. The summed E-state index contributed by atoms with van der Waals surface area (Å²) in [5, 5.41) is 14.1. The van der Waals surface area contributed by atoms with Crippen LogP contribution in [0.3, 0.4) is 0 Å². The molecule has 0 saturated carbocycles. The van der Waals surface area contributed by atoms with E-state index in [1.807, 2.05) is 24.3 Å². The fraction of sp³-hybridized carbons (Fsp3) is 0.500. The number of amides is 1. The van der Waals surface area contributed by atoms with E-state index >= 15 is 0 Å². The number of nitrogens with one attached hydrogen (secondary N) is 2. The Kier molecular flexibility index (Phi) is 10.4. The molecule has 3 N–H and O–H groups in total. The lowest BCUT2D eigenvalue weighted by molar-refractivity contribution is -0.135. The number of H-pyrrole nitrogens is 1. The van der Waals surface area contributed by atoms with Crippen LogP contribution in [-0.2, 0) is 22.4 Å². The number of aromatic amines is 1. The Morgan fingerprint density at radius 3 is 2.78 bits per heavy atom. The van der Waals surface area contributed by atoms with Crippen LogP contribution in [0, 0.1) is 0 Å². The number of rotatable bonds is 13. The number of fused-ring (bicyclic) bond motifs is 1. The number of nitrogens with zero attached hydrogens (tertiary/aromatic N) is 1. The van der Waals surface area contributed by atoms with E-state index in [1.54, 1.807) is 6.07 Å². The van der Waals surface area contributed by atoms with Gasteiger partial charge in [0.15, 0.2) is 0 Å². The third-order valence-electron chi connectivity index (χ3n) is 6.93. The van der Waals surface area contributed by atoms with E-state index < -0.39 is 0 Å². The molecule has 1 saturated heterocycles. The van der Waals surface area contributed by atoms with Crippen molar-refractivity contribution in [2.75, 3.05) is 32.8 Å². The Bertz CT molecular complexity index is 1220. The molecule has 0 bridgehead atoms. The Labute approximate surface area is 226 Å². The maximum Gasteiger partial charge on any atom is 0.305 e. The fourth-order valence-electron chi connectivity index (χ4n) is 4.94. The van der Waals surface area contributed by atoms with Crippen molar-refractivity contribution in [3.63, 3.8) is 0 Å². The quantitative estimate of drug-likeness (QED) is 0.266. The van der Waals surface area contributed by atoms with Gasteiger partial charge in [-0.15, -0.1) is 0 Å². The standard InChI is InChI=1S/C28H36ClN3O4S/c29-22-7-4-5-20(19-22)10-14-30-15-11-25(34)32(23-12-17-36-18-13-23)16-3-1-2-6-21-8-9-24(33)26-27(21)37-28(35)31-26/h4-5,7-9,19,23,30,33H,1-3,6,10-18H2,(H,31,35). The van der Waals surface area contributed by atoms with Crippen LogP contribution in [0.15, 0.2) is 41.2 Å². The third-order valence-corrected chi connectivity index (χ3v) is 8.12. The van der Waals surface area contributed by atoms with E-state index in [9.17, 15) is 14.7 Å². The third kappa shape index (κ3) is 8.04. The molecule has 0 spiro atoms. The minimum atomic E-state index is -0.151. The zero-order valence-electron chi connectivity index (χ0n) is 21.1. The first-order valence-corrected chi connectivity index (χ1v) is 14.4. The number of phenols is 1. The van der Waals surface area contributed by atoms with Crippen molar-refractivity contribution in [1.29, 1.82) is 0 Å². The van der Waals surface area contributed by atoms with Crippen molar-refractivity contribution < 1.29 is 14.6 Å². The van der Waals surface area contributed by atoms with Gasteiger partial charge < -0.3 is 25.0 Å². The Morgan fingerprint density at radius 2 is 1.97 bits per heavy atom. The van der Waals surface area contributed by atoms with Crippen LogP contribution < -0.4 is 10.2 Å². The number of aromatic hydroxyl groups is 1. The summed E-state index contributed by atoms with van der Waals surface area (Å²) in [6.07, 6.45) is 6.90. The van der Waals surface area contributed by atoms with Gasteiger partial charge in [0.1, 0.15) is 11.3 Å². The molecule has 0 unspecified atom stereocenters. The van der Waals surface area contributed by atoms with Gasteiger partial charge in [0.2, 0.25) is 5.91 Å². The molecule has 1 amide bonds. The van der Waals surface area contributed by atoms with E-state index in [2.05, 4.69) is 21.3 Å². The molecule has 7 nitrogen and oxygen atoms in total. The van der Waals surface area contributed by atoms with Crippen molar-refractivity contribution in [3.05, 3.63) is 62.2 Å². The minimum absolute atomic E-state index is 0.113. The fourth-order valence-corrected chi connectivity index (χ4v) is 6.05. The van der Waals surface area contributed by atoms with Crippen LogP contribution in [0.5, 0.6) is 5.75 Å². The van der Waals surface area contributed by atoms with E-state index in [-0.39, 0.29) is 22.6 Å². The Balaban J connectivity index is 1.22. The lowest BCUT2D eigenvalue weighted by Crippen LogP contribution is -2.44. The van der Waals surface area contributed by atoms with Crippen molar-refractivity contribution in [1.82, 2.24) is 15.2 Å².